The van der Waals surface area contributed by atoms with Crippen molar-refractivity contribution in [2.45, 2.75) is 6.42 Å². The third-order valence-corrected chi connectivity index (χ3v) is 5.68. The molecular formula is C24H26N4O3. The number of carbonyl (C=O) groups is 2. The molecule has 1 fully saturated rings. The Balaban J connectivity index is 1.58. The molecule has 1 aromatic heterocycles. The second kappa shape index (κ2) is 9.04. The van der Waals surface area contributed by atoms with Crippen molar-refractivity contribution in [2.24, 2.45) is 13.0 Å². The van der Waals surface area contributed by atoms with Gasteiger partial charge in [-0.3, -0.25) is 9.59 Å². The molecule has 0 saturated carbocycles. The Morgan fingerprint density at radius 2 is 1.97 bits per heavy atom. The van der Waals surface area contributed by atoms with Crippen LogP contribution >= 0.6 is 0 Å². The van der Waals surface area contributed by atoms with Crippen molar-refractivity contribution >= 4 is 11.8 Å². The van der Waals surface area contributed by atoms with Crippen molar-refractivity contribution in [2.75, 3.05) is 26.7 Å². The van der Waals surface area contributed by atoms with Crippen LogP contribution in [0.2, 0.25) is 0 Å². The fraction of sp³-hybridized carbons (Fsp3) is 0.292. The quantitative estimate of drug-likeness (QED) is 0.691. The highest BCUT2D eigenvalue weighted by molar-refractivity contribution is 5.91. The average molecular weight is 418 g/mol. The maximum atomic E-state index is 13.0. The summed E-state index contributed by atoms with van der Waals surface area (Å²) in [4.78, 5) is 31.7. The molecular weight excluding hydrogens is 392 g/mol. The second-order valence-corrected chi connectivity index (χ2v) is 7.69. The molecule has 1 atom stereocenters. The molecule has 1 aliphatic rings. The number of hydrogen-bond donors (Lipinski definition) is 1. The predicted molar refractivity (Wildman–Crippen MR) is 118 cm³/mol. The lowest BCUT2D eigenvalue weighted by Gasteiger charge is -2.23. The van der Waals surface area contributed by atoms with E-state index in [0.717, 1.165) is 22.4 Å². The van der Waals surface area contributed by atoms with Gasteiger partial charge in [0, 0.05) is 39.1 Å². The first-order valence-electron chi connectivity index (χ1n) is 10.3. The van der Waals surface area contributed by atoms with Crippen molar-refractivity contribution in [3.63, 3.8) is 0 Å². The Kier molecular flexibility index (Phi) is 6.02. The van der Waals surface area contributed by atoms with Crippen LogP contribution in [0.3, 0.4) is 0 Å². The van der Waals surface area contributed by atoms with Crippen LogP contribution in [-0.2, 0) is 18.3 Å². The monoisotopic (exact) mass is 418 g/mol. The third kappa shape index (κ3) is 4.45. The molecule has 0 bridgehead atoms. The SMILES string of the molecule is COc1ccc(-c2ccccc2C[C@@H]2CN(C(=O)c3nccn3C)CCNC2=O)cc1. The van der Waals surface area contributed by atoms with Gasteiger partial charge in [-0.15, -0.1) is 0 Å². The largest absolute Gasteiger partial charge is 0.497 e. The van der Waals surface area contributed by atoms with Crippen LogP contribution in [-0.4, -0.2) is 53.0 Å². The Morgan fingerprint density at radius 1 is 1.19 bits per heavy atom. The van der Waals surface area contributed by atoms with Gasteiger partial charge < -0.3 is 19.5 Å². The summed E-state index contributed by atoms with van der Waals surface area (Å²) in [5.74, 6) is 0.655. The summed E-state index contributed by atoms with van der Waals surface area (Å²) in [6.07, 6.45) is 3.90. The summed E-state index contributed by atoms with van der Waals surface area (Å²) in [6, 6.07) is 16.0. The van der Waals surface area contributed by atoms with Crippen LogP contribution < -0.4 is 10.1 Å². The summed E-state index contributed by atoms with van der Waals surface area (Å²) >= 11 is 0. The van der Waals surface area contributed by atoms with Crippen molar-refractivity contribution in [3.8, 4) is 16.9 Å². The molecule has 2 heterocycles. The molecule has 2 aromatic carbocycles. The van der Waals surface area contributed by atoms with Crippen LogP contribution in [0.5, 0.6) is 5.75 Å². The highest BCUT2D eigenvalue weighted by atomic mass is 16.5. The van der Waals surface area contributed by atoms with Gasteiger partial charge >= 0.3 is 0 Å². The summed E-state index contributed by atoms with van der Waals surface area (Å²) in [7, 11) is 3.44. The smallest absolute Gasteiger partial charge is 0.289 e. The number of aryl methyl sites for hydroxylation is 1. The molecule has 2 amide bonds. The number of imidazole rings is 1. The van der Waals surface area contributed by atoms with Gasteiger partial charge in [0.2, 0.25) is 5.91 Å². The van der Waals surface area contributed by atoms with Crippen LogP contribution in [0.15, 0.2) is 60.9 Å². The first kappa shape index (κ1) is 20.7. The first-order valence-corrected chi connectivity index (χ1v) is 10.3. The van der Waals surface area contributed by atoms with Crippen LogP contribution in [0.1, 0.15) is 16.2 Å². The minimum atomic E-state index is -0.342. The van der Waals surface area contributed by atoms with Crippen LogP contribution in [0.4, 0.5) is 0 Å². The van der Waals surface area contributed by atoms with Crippen molar-refractivity contribution in [3.05, 3.63) is 72.3 Å². The molecule has 1 aliphatic heterocycles. The van der Waals surface area contributed by atoms with Gasteiger partial charge in [-0.2, -0.15) is 0 Å². The van der Waals surface area contributed by atoms with E-state index in [2.05, 4.69) is 16.4 Å². The number of rotatable bonds is 5. The van der Waals surface area contributed by atoms with E-state index in [0.29, 0.717) is 31.9 Å². The Hall–Kier alpha value is -3.61. The molecule has 1 saturated heterocycles. The zero-order valence-electron chi connectivity index (χ0n) is 17.7. The molecule has 0 radical (unpaired) electrons. The number of aromatic nitrogens is 2. The van der Waals surface area contributed by atoms with Gasteiger partial charge in [0.15, 0.2) is 5.82 Å². The standard InChI is InChI=1S/C24H26N4O3/c1-27-13-11-25-22(27)24(30)28-14-12-26-23(29)19(16-28)15-18-5-3-4-6-21(18)17-7-9-20(31-2)10-8-17/h3-11,13,19H,12,14-16H2,1-2H3,(H,26,29)/t19-/m1/s1. The number of nitrogens with zero attached hydrogens (tertiary/aromatic N) is 3. The highest BCUT2D eigenvalue weighted by Crippen LogP contribution is 2.28. The fourth-order valence-electron chi connectivity index (χ4n) is 3.97. The number of hydrogen-bond acceptors (Lipinski definition) is 4. The van der Waals surface area contributed by atoms with Gasteiger partial charge in [0.25, 0.3) is 5.91 Å². The van der Waals surface area contributed by atoms with Gasteiger partial charge in [0.05, 0.1) is 13.0 Å². The van der Waals surface area contributed by atoms with Crippen LogP contribution in [0.25, 0.3) is 11.1 Å². The molecule has 7 heteroatoms. The van der Waals surface area contributed by atoms with E-state index in [1.54, 1.807) is 36.0 Å². The normalized spacial score (nSPS) is 16.5. The van der Waals surface area contributed by atoms with E-state index in [1.165, 1.54) is 0 Å². The zero-order valence-corrected chi connectivity index (χ0v) is 17.7. The maximum absolute atomic E-state index is 13.0. The van der Waals surface area contributed by atoms with E-state index in [9.17, 15) is 9.59 Å². The molecule has 0 aliphatic carbocycles. The minimum Gasteiger partial charge on any atom is -0.497 e. The Labute approximate surface area is 181 Å². The number of methoxy groups -OCH3 is 1. The number of carbonyl (C=O) groups excluding carboxylic acids is 2. The van der Waals surface area contributed by atoms with Gasteiger partial charge in [-0.05, 0) is 35.2 Å². The molecule has 31 heavy (non-hydrogen) atoms. The van der Waals surface area contributed by atoms with E-state index in [-0.39, 0.29) is 17.7 Å². The number of benzene rings is 2. The molecule has 0 unspecified atom stereocenters. The van der Waals surface area contributed by atoms with E-state index in [4.69, 9.17) is 4.74 Å². The maximum Gasteiger partial charge on any atom is 0.289 e. The van der Waals surface area contributed by atoms with Crippen molar-refractivity contribution in [1.82, 2.24) is 19.8 Å². The molecule has 3 aromatic rings. The van der Waals surface area contributed by atoms with Gasteiger partial charge in [-0.25, -0.2) is 4.98 Å². The fourth-order valence-corrected chi connectivity index (χ4v) is 3.97. The Morgan fingerprint density at radius 3 is 2.68 bits per heavy atom. The number of amides is 2. The van der Waals surface area contributed by atoms with Crippen LogP contribution in [0, 0.1) is 5.92 Å². The van der Waals surface area contributed by atoms with E-state index < -0.39 is 0 Å². The Bertz CT molecular complexity index is 1070. The van der Waals surface area contributed by atoms with Crippen molar-refractivity contribution < 1.29 is 14.3 Å². The van der Waals surface area contributed by atoms with Gasteiger partial charge in [0.1, 0.15) is 5.75 Å². The zero-order chi connectivity index (χ0) is 21.8. The lowest BCUT2D eigenvalue weighted by molar-refractivity contribution is -0.124. The summed E-state index contributed by atoms with van der Waals surface area (Å²) in [6.45, 7) is 1.26. The second-order valence-electron chi connectivity index (χ2n) is 7.69. The first-order chi connectivity index (χ1) is 15.1. The lowest BCUT2D eigenvalue weighted by atomic mass is 9.91. The molecule has 0 spiro atoms. The summed E-state index contributed by atoms with van der Waals surface area (Å²) in [5.41, 5.74) is 3.20. The highest BCUT2D eigenvalue weighted by Gasteiger charge is 2.30. The predicted octanol–water partition coefficient (Wildman–Crippen LogP) is 2.53. The third-order valence-electron chi connectivity index (χ3n) is 5.68. The summed E-state index contributed by atoms with van der Waals surface area (Å²) < 4.78 is 6.97. The lowest BCUT2D eigenvalue weighted by Crippen LogP contribution is -2.38. The van der Waals surface area contributed by atoms with Crippen molar-refractivity contribution in [1.29, 1.82) is 0 Å². The molecule has 1 N–H and O–H groups in total. The average Bonchev–Trinajstić information content (AvgIpc) is 3.14. The topological polar surface area (TPSA) is 76.5 Å². The molecule has 160 valence electrons. The number of ether oxygens (including phenoxy) is 1. The van der Waals surface area contributed by atoms with Gasteiger partial charge in [-0.1, -0.05) is 36.4 Å². The van der Waals surface area contributed by atoms with E-state index in [1.807, 2.05) is 42.5 Å². The minimum absolute atomic E-state index is 0.0281. The number of nitrogens with one attached hydrogen (secondary N) is 1. The summed E-state index contributed by atoms with van der Waals surface area (Å²) in [5, 5.41) is 2.96. The molecule has 7 nitrogen and oxygen atoms in total. The van der Waals surface area contributed by atoms with E-state index >= 15 is 0 Å². The molecule has 4 rings (SSSR count).